The van der Waals surface area contributed by atoms with Crippen molar-refractivity contribution in [1.29, 1.82) is 0 Å². The summed E-state index contributed by atoms with van der Waals surface area (Å²) in [5.74, 6) is -0.358. The van der Waals surface area contributed by atoms with Crippen LogP contribution in [0.2, 0.25) is 0 Å². The molecular weight excluding hydrogens is 370 g/mol. The predicted molar refractivity (Wildman–Crippen MR) is 80.7 cm³/mol. The van der Waals surface area contributed by atoms with E-state index in [2.05, 4.69) is 21.2 Å². The molecule has 0 aliphatic carbocycles. The van der Waals surface area contributed by atoms with E-state index in [0.717, 1.165) is 0 Å². The van der Waals surface area contributed by atoms with Gasteiger partial charge in [-0.15, -0.1) is 0 Å². The number of ether oxygens (including phenoxy) is 1. The van der Waals surface area contributed by atoms with Crippen molar-refractivity contribution in [2.45, 2.75) is 18.2 Å². The molecule has 1 aromatic carbocycles. The number of benzene rings is 1. The van der Waals surface area contributed by atoms with Crippen LogP contribution in [-0.2, 0) is 13.8 Å². The van der Waals surface area contributed by atoms with Gasteiger partial charge in [-0.05, 0) is 31.0 Å². The Morgan fingerprint density at radius 3 is 2.65 bits per heavy atom. The number of carbonyl (C=O) groups excluding carboxylic acids is 1. The van der Waals surface area contributed by atoms with Crippen molar-refractivity contribution >= 4 is 41.6 Å². The second-order valence-corrected chi connectivity index (χ2v) is 7.51. The quantitative estimate of drug-likeness (QED) is 0.604. The van der Waals surface area contributed by atoms with Gasteiger partial charge in [0.2, 0.25) is 0 Å². The summed E-state index contributed by atoms with van der Waals surface area (Å²) in [6.45, 7) is 2.60. The van der Waals surface area contributed by atoms with Crippen LogP contribution >= 0.6 is 26.6 Å². The van der Waals surface area contributed by atoms with Crippen LogP contribution in [0.1, 0.15) is 22.3 Å². The molecule has 0 fully saturated rings. The number of methoxy groups -OCH3 is 1. The standard InChI is InChI=1S/C12H15BrClNO4S/c1-8-10(13)6-9(7-11(8)20(14,17)18)12(16)15-4-3-5-19-2/h6-7H,3-5H2,1-2H3,(H,15,16). The molecule has 0 saturated carbocycles. The minimum absolute atomic E-state index is 0.0735. The van der Waals surface area contributed by atoms with Gasteiger partial charge in [0.15, 0.2) is 0 Å². The molecule has 0 saturated heterocycles. The Morgan fingerprint density at radius 2 is 2.10 bits per heavy atom. The van der Waals surface area contributed by atoms with Crippen molar-refractivity contribution < 1.29 is 17.9 Å². The maximum atomic E-state index is 11.9. The molecule has 1 amide bonds. The average molecular weight is 385 g/mol. The van der Waals surface area contributed by atoms with Gasteiger partial charge >= 0.3 is 0 Å². The Labute approximate surface area is 131 Å². The molecule has 0 radical (unpaired) electrons. The fraction of sp³-hybridized carbons (Fsp3) is 0.417. The molecule has 1 rings (SSSR count). The van der Waals surface area contributed by atoms with Crippen molar-refractivity contribution in [3.63, 3.8) is 0 Å². The van der Waals surface area contributed by atoms with Gasteiger partial charge in [-0.1, -0.05) is 15.9 Å². The summed E-state index contributed by atoms with van der Waals surface area (Å²) < 4.78 is 28.3. The highest BCUT2D eigenvalue weighted by molar-refractivity contribution is 9.10. The summed E-state index contributed by atoms with van der Waals surface area (Å²) >= 11 is 3.23. The Bertz CT molecular complexity index is 604. The van der Waals surface area contributed by atoms with Crippen molar-refractivity contribution in [3.05, 3.63) is 27.7 Å². The third-order valence-electron chi connectivity index (χ3n) is 2.63. The molecule has 5 nitrogen and oxygen atoms in total. The van der Waals surface area contributed by atoms with E-state index in [0.29, 0.717) is 29.6 Å². The van der Waals surface area contributed by atoms with E-state index in [4.69, 9.17) is 15.4 Å². The van der Waals surface area contributed by atoms with Crippen LogP contribution in [0.4, 0.5) is 0 Å². The molecule has 0 atom stereocenters. The number of carbonyl (C=O) groups is 1. The van der Waals surface area contributed by atoms with Crippen LogP contribution in [0.15, 0.2) is 21.5 Å². The van der Waals surface area contributed by atoms with Gasteiger partial charge in [0.05, 0.1) is 4.90 Å². The highest BCUT2D eigenvalue weighted by Gasteiger charge is 2.19. The lowest BCUT2D eigenvalue weighted by atomic mass is 10.1. The summed E-state index contributed by atoms with van der Waals surface area (Å²) in [6, 6.07) is 2.83. The Hall–Kier alpha value is -0.630. The molecule has 0 bridgehead atoms. The smallest absolute Gasteiger partial charge is 0.261 e. The minimum atomic E-state index is -3.90. The van der Waals surface area contributed by atoms with Gasteiger partial charge in [-0.25, -0.2) is 8.42 Å². The topological polar surface area (TPSA) is 72.5 Å². The zero-order chi connectivity index (χ0) is 15.3. The first kappa shape index (κ1) is 17.4. The lowest BCUT2D eigenvalue weighted by Gasteiger charge is -2.09. The van der Waals surface area contributed by atoms with E-state index < -0.39 is 9.05 Å². The van der Waals surface area contributed by atoms with Gasteiger partial charge in [-0.3, -0.25) is 4.79 Å². The fourth-order valence-corrected chi connectivity index (χ4v) is 3.37. The van der Waals surface area contributed by atoms with Crippen LogP contribution in [0.5, 0.6) is 0 Å². The summed E-state index contributed by atoms with van der Waals surface area (Å²) in [5, 5.41) is 2.68. The van der Waals surface area contributed by atoms with Crippen LogP contribution in [-0.4, -0.2) is 34.6 Å². The zero-order valence-electron chi connectivity index (χ0n) is 11.1. The SMILES string of the molecule is COCCCNC(=O)c1cc(Br)c(C)c(S(=O)(=O)Cl)c1. The molecule has 112 valence electrons. The Kier molecular flexibility index (Phi) is 6.44. The molecule has 1 aromatic rings. The highest BCUT2D eigenvalue weighted by Crippen LogP contribution is 2.28. The van der Waals surface area contributed by atoms with E-state index in [9.17, 15) is 13.2 Å². The Morgan fingerprint density at radius 1 is 1.45 bits per heavy atom. The molecule has 1 N–H and O–H groups in total. The van der Waals surface area contributed by atoms with Gasteiger partial charge in [0.25, 0.3) is 15.0 Å². The number of nitrogens with one attached hydrogen (secondary N) is 1. The van der Waals surface area contributed by atoms with E-state index >= 15 is 0 Å². The lowest BCUT2D eigenvalue weighted by Crippen LogP contribution is -2.25. The number of hydrogen-bond donors (Lipinski definition) is 1. The number of hydrogen-bond acceptors (Lipinski definition) is 4. The first-order chi connectivity index (χ1) is 9.27. The Balaban J connectivity index is 2.97. The molecular formula is C12H15BrClNO4S. The molecule has 0 heterocycles. The monoisotopic (exact) mass is 383 g/mol. The summed E-state index contributed by atoms with van der Waals surface area (Å²) in [4.78, 5) is 11.9. The molecule has 0 unspecified atom stereocenters. The first-order valence-corrected chi connectivity index (χ1v) is 8.89. The van der Waals surface area contributed by atoms with Crippen LogP contribution in [0.25, 0.3) is 0 Å². The third kappa shape index (κ3) is 4.73. The van der Waals surface area contributed by atoms with E-state index in [1.807, 2.05) is 0 Å². The predicted octanol–water partition coefficient (Wildman–Crippen LogP) is 2.45. The summed E-state index contributed by atoms with van der Waals surface area (Å²) in [7, 11) is 3.04. The molecule has 0 aliphatic heterocycles. The molecule has 0 aromatic heterocycles. The lowest BCUT2D eigenvalue weighted by molar-refractivity contribution is 0.0948. The summed E-state index contributed by atoms with van der Waals surface area (Å²) in [5.41, 5.74) is 0.704. The van der Waals surface area contributed by atoms with Gasteiger partial charge in [0.1, 0.15) is 0 Å². The van der Waals surface area contributed by atoms with E-state index in [-0.39, 0.29) is 16.4 Å². The van der Waals surface area contributed by atoms with Crippen molar-refractivity contribution in [2.75, 3.05) is 20.3 Å². The van der Waals surface area contributed by atoms with E-state index in [1.165, 1.54) is 6.07 Å². The number of halogens is 2. The van der Waals surface area contributed by atoms with Gasteiger partial charge in [-0.2, -0.15) is 0 Å². The maximum absolute atomic E-state index is 11.9. The molecule has 8 heteroatoms. The number of amides is 1. The number of rotatable bonds is 6. The average Bonchev–Trinajstić information content (AvgIpc) is 2.36. The third-order valence-corrected chi connectivity index (χ3v) is 4.90. The van der Waals surface area contributed by atoms with Gasteiger partial charge in [0, 0.05) is 41.0 Å². The second-order valence-electron chi connectivity index (χ2n) is 4.12. The summed E-state index contributed by atoms with van der Waals surface area (Å²) in [6.07, 6.45) is 0.677. The van der Waals surface area contributed by atoms with E-state index in [1.54, 1.807) is 20.1 Å². The zero-order valence-corrected chi connectivity index (χ0v) is 14.2. The normalized spacial score (nSPS) is 11.4. The molecule has 0 spiro atoms. The van der Waals surface area contributed by atoms with Crippen LogP contribution in [0.3, 0.4) is 0 Å². The minimum Gasteiger partial charge on any atom is -0.385 e. The van der Waals surface area contributed by atoms with Crippen molar-refractivity contribution in [3.8, 4) is 0 Å². The van der Waals surface area contributed by atoms with Crippen LogP contribution < -0.4 is 5.32 Å². The van der Waals surface area contributed by atoms with Crippen LogP contribution in [0, 0.1) is 6.92 Å². The first-order valence-electron chi connectivity index (χ1n) is 5.79. The molecule has 20 heavy (non-hydrogen) atoms. The van der Waals surface area contributed by atoms with Crippen molar-refractivity contribution in [2.24, 2.45) is 0 Å². The largest absolute Gasteiger partial charge is 0.385 e. The highest BCUT2D eigenvalue weighted by atomic mass is 79.9. The fourth-order valence-electron chi connectivity index (χ4n) is 1.56. The maximum Gasteiger partial charge on any atom is 0.261 e. The second kappa shape index (κ2) is 7.40. The van der Waals surface area contributed by atoms with Gasteiger partial charge < -0.3 is 10.1 Å². The van der Waals surface area contributed by atoms with Crippen molar-refractivity contribution in [1.82, 2.24) is 5.32 Å². The molecule has 0 aliphatic rings.